The molecule has 0 aliphatic carbocycles. The average Bonchev–Trinajstić information content (AvgIpc) is 2.41. The van der Waals surface area contributed by atoms with Crippen molar-refractivity contribution in [2.45, 2.75) is 13.0 Å². The van der Waals surface area contributed by atoms with Crippen molar-refractivity contribution in [3.8, 4) is 0 Å². The molecule has 1 atom stereocenters. The summed E-state index contributed by atoms with van der Waals surface area (Å²) < 4.78 is 0. The highest BCUT2D eigenvalue weighted by molar-refractivity contribution is 5.86. The smallest absolute Gasteiger partial charge is 0.242 e. The number of piperazine rings is 1. The molecule has 2 aromatic rings. The number of fused-ring (bicyclic) bond motifs is 1. The van der Waals surface area contributed by atoms with Gasteiger partial charge in [-0.15, -0.1) is 0 Å². The Bertz CT molecular complexity index is 598. The zero-order valence-electron chi connectivity index (χ0n) is 10.1. The summed E-state index contributed by atoms with van der Waals surface area (Å²) in [6.07, 6.45) is 1.73. The Balaban J connectivity index is 2.00. The third-order valence-electron chi connectivity index (χ3n) is 3.23. The Morgan fingerprint density at radius 3 is 2.94 bits per heavy atom. The number of anilines is 1. The summed E-state index contributed by atoms with van der Waals surface area (Å²) in [7, 11) is 0. The molecular formula is C13H14N4O. The molecule has 0 radical (unpaired) electrons. The van der Waals surface area contributed by atoms with E-state index in [0.29, 0.717) is 6.54 Å². The minimum atomic E-state index is -0.200. The van der Waals surface area contributed by atoms with Crippen LogP contribution in [0.4, 0.5) is 5.82 Å². The predicted octanol–water partition coefficient (Wildman–Crippen LogP) is 0.954. The Labute approximate surface area is 105 Å². The normalized spacial score (nSPS) is 19.9. The Hall–Kier alpha value is -2.17. The number of hydrogen-bond acceptors (Lipinski definition) is 4. The monoisotopic (exact) mass is 242 g/mol. The maximum atomic E-state index is 11.6. The summed E-state index contributed by atoms with van der Waals surface area (Å²) in [5.74, 6) is 0.798. The lowest BCUT2D eigenvalue weighted by Gasteiger charge is -2.33. The van der Waals surface area contributed by atoms with Gasteiger partial charge >= 0.3 is 0 Å². The van der Waals surface area contributed by atoms with Crippen LogP contribution < -0.4 is 10.2 Å². The van der Waals surface area contributed by atoms with E-state index in [0.717, 1.165) is 23.4 Å². The van der Waals surface area contributed by atoms with E-state index in [2.05, 4.69) is 15.3 Å². The molecule has 1 aliphatic rings. The van der Waals surface area contributed by atoms with Crippen LogP contribution >= 0.6 is 0 Å². The molecule has 5 nitrogen and oxygen atoms in total. The number of hydrogen-bond donors (Lipinski definition) is 1. The maximum Gasteiger partial charge on any atom is 0.242 e. The molecule has 0 spiro atoms. The van der Waals surface area contributed by atoms with Crippen LogP contribution in [-0.4, -0.2) is 35.0 Å². The van der Waals surface area contributed by atoms with Gasteiger partial charge in [0.05, 0.1) is 17.2 Å². The second kappa shape index (κ2) is 4.25. The summed E-state index contributed by atoms with van der Waals surface area (Å²) in [5, 5.41) is 2.84. The SMILES string of the molecule is CC1C(=O)NCCN1c1cnc2ccccc2n1. The van der Waals surface area contributed by atoms with E-state index in [4.69, 9.17) is 0 Å². The molecule has 1 aromatic carbocycles. The molecule has 1 N–H and O–H groups in total. The van der Waals surface area contributed by atoms with E-state index in [9.17, 15) is 4.79 Å². The Kier molecular flexibility index (Phi) is 2.59. The van der Waals surface area contributed by atoms with Crippen LogP contribution in [0.3, 0.4) is 0 Å². The number of benzene rings is 1. The second-order valence-electron chi connectivity index (χ2n) is 4.38. The number of nitrogens with one attached hydrogen (secondary N) is 1. The minimum absolute atomic E-state index is 0.0382. The van der Waals surface area contributed by atoms with Crippen molar-refractivity contribution in [3.05, 3.63) is 30.5 Å². The average molecular weight is 242 g/mol. The summed E-state index contributed by atoms with van der Waals surface area (Å²) >= 11 is 0. The van der Waals surface area contributed by atoms with Gasteiger partial charge < -0.3 is 10.2 Å². The van der Waals surface area contributed by atoms with Gasteiger partial charge in [-0.3, -0.25) is 9.78 Å². The van der Waals surface area contributed by atoms with E-state index in [1.165, 1.54) is 0 Å². The van der Waals surface area contributed by atoms with Crippen molar-refractivity contribution >= 4 is 22.8 Å². The Morgan fingerprint density at radius 1 is 1.33 bits per heavy atom. The van der Waals surface area contributed by atoms with Crippen LogP contribution in [0.25, 0.3) is 11.0 Å². The summed E-state index contributed by atoms with van der Waals surface area (Å²) in [6, 6.07) is 7.54. The molecule has 3 rings (SSSR count). The highest BCUT2D eigenvalue weighted by Crippen LogP contribution is 2.18. The van der Waals surface area contributed by atoms with Crippen LogP contribution in [0.15, 0.2) is 30.5 Å². The van der Waals surface area contributed by atoms with Gasteiger partial charge in [-0.05, 0) is 19.1 Å². The summed E-state index contributed by atoms with van der Waals surface area (Å²) in [4.78, 5) is 22.6. The molecule has 5 heteroatoms. The molecule has 0 bridgehead atoms. The van der Waals surface area contributed by atoms with Crippen molar-refractivity contribution in [1.29, 1.82) is 0 Å². The topological polar surface area (TPSA) is 58.1 Å². The lowest BCUT2D eigenvalue weighted by molar-refractivity contribution is -0.122. The van der Waals surface area contributed by atoms with Crippen molar-refractivity contribution < 1.29 is 4.79 Å². The van der Waals surface area contributed by atoms with Crippen LogP contribution in [0.2, 0.25) is 0 Å². The molecule has 1 unspecified atom stereocenters. The second-order valence-corrected chi connectivity index (χ2v) is 4.38. The molecule has 18 heavy (non-hydrogen) atoms. The number of nitrogens with zero attached hydrogens (tertiary/aromatic N) is 3. The molecule has 1 saturated heterocycles. The lowest BCUT2D eigenvalue weighted by atomic mass is 10.2. The van der Waals surface area contributed by atoms with Crippen molar-refractivity contribution in [2.24, 2.45) is 0 Å². The van der Waals surface area contributed by atoms with Crippen LogP contribution in [0, 0.1) is 0 Å². The van der Waals surface area contributed by atoms with Gasteiger partial charge in [0.2, 0.25) is 5.91 Å². The van der Waals surface area contributed by atoms with Gasteiger partial charge in [-0.2, -0.15) is 0 Å². The molecule has 1 fully saturated rings. The van der Waals surface area contributed by atoms with E-state index in [1.807, 2.05) is 36.1 Å². The quantitative estimate of drug-likeness (QED) is 0.809. The van der Waals surface area contributed by atoms with Gasteiger partial charge in [0, 0.05) is 13.1 Å². The fourth-order valence-corrected chi connectivity index (χ4v) is 2.18. The third-order valence-corrected chi connectivity index (χ3v) is 3.23. The van der Waals surface area contributed by atoms with Gasteiger partial charge in [0.1, 0.15) is 11.9 Å². The van der Waals surface area contributed by atoms with Crippen LogP contribution in [-0.2, 0) is 4.79 Å². The number of rotatable bonds is 1. The third kappa shape index (κ3) is 1.77. The van der Waals surface area contributed by atoms with Gasteiger partial charge in [-0.25, -0.2) is 4.98 Å². The molecular weight excluding hydrogens is 228 g/mol. The van der Waals surface area contributed by atoms with E-state index < -0.39 is 0 Å². The zero-order chi connectivity index (χ0) is 12.5. The molecule has 1 amide bonds. The lowest BCUT2D eigenvalue weighted by Crippen LogP contribution is -2.54. The van der Waals surface area contributed by atoms with Crippen LogP contribution in [0.1, 0.15) is 6.92 Å². The highest BCUT2D eigenvalue weighted by atomic mass is 16.2. The molecule has 2 heterocycles. The van der Waals surface area contributed by atoms with Gasteiger partial charge in [0.25, 0.3) is 0 Å². The molecule has 0 saturated carbocycles. The van der Waals surface area contributed by atoms with Gasteiger partial charge in [0.15, 0.2) is 0 Å². The first-order chi connectivity index (χ1) is 8.75. The number of para-hydroxylation sites is 2. The van der Waals surface area contributed by atoms with E-state index in [1.54, 1.807) is 6.20 Å². The van der Waals surface area contributed by atoms with Crippen molar-refractivity contribution in [1.82, 2.24) is 15.3 Å². The van der Waals surface area contributed by atoms with E-state index >= 15 is 0 Å². The standard InChI is InChI=1S/C13H14N4O/c1-9-13(18)14-6-7-17(9)12-8-15-10-4-2-3-5-11(10)16-12/h2-5,8-9H,6-7H2,1H3,(H,14,18). The fourth-order valence-electron chi connectivity index (χ4n) is 2.18. The number of amides is 1. The minimum Gasteiger partial charge on any atom is -0.353 e. The largest absolute Gasteiger partial charge is 0.353 e. The van der Waals surface area contributed by atoms with Crippen LogP contribution in [0.5, 0.6) is 0 Å². The summed E-state index contributed by atoms with van der Waals surface area (Å²) in [6.45, 7) is 3.29. The first kappa shape index (κ1) is 11.0. The molecule has 92 valence electrons. The Morgan fingerprint density at radius 2 is 2.11 bits per heavy atom. The molecule has 1 aliphatic heterocycles. The fraction of sp³-hybridized carbons (Fsp3) is 0.308. The highest BCUT2D eigenvalue weighted by Gasteiger charge is 2.26. The molecule has 1 aromatic heterocycles. The number of carbonyl (C=O) groups excluding carboxylic acids is 1. The zero-order valence-corrected chi connectivity index (χ0v) is 10.1. The maximum absolute atomic E-state index is 11.6. The van der Waals surface area contributed by atoms with Crippen molar-refractivity contribution in [3.63, 3.8) is 0 Å². The first-order valence-corrected chi connectivity index (χ1v) is 6.02. The first-order valence-electron chi connectivity index (χ1n) is 6.02. The van der Waals surface area contributed by atoms with Gasteiger partial charge in [-0.1, -0.05) is 12.1 Å². The predicted molar refractivity (Wildman–Crippen MR) is 69.4 cm³/mol. The van der Waals surface area contributed by atoms with Crippen molar-refractivity contribution in [2.75, 3.05) is 18.0 Å². The number of aromatic nitrogens is 2. The van der Waals surface area contributed by atoms with E-state index in [-0.39, 0.29) is 11.9 Å². The number of carbonyl (C=O) groups is 1. The summed E-state index contributed by atoms with van der Waals surface area (Å²) in [5.41, 5.74) is 1.73.